The Morgan fingerprint density at radius 3 is 3.31 bits per heavy atom. The molecule has 1 aliphatic rings. The second-order valence-electron chi connectivity index (χ2n) is 3.48. The van der Waals surface area contributed by atoms with Crippen LogP contribution in [0.2, 0.25) is 0 Å². The Morgan fingerprint density at radius 2 is 2.62 bits per heavy atom. The minimum Gasteiger partial charge on any atom is -0.395 e. The predicted molar refractivity (Wildman–Crippen MR) is 47.0 cm³/mol. The summed E-state index contributed by atoms with van der Waals surface area (Å²) in [5.41, 5.74) is 1.08. The van der Waals surface area contributed by atoms with Gasteiger partial charge in [0.2, 0.25) is 0 Å². The SMILES string of the molecule is OC[C@@H]1CCCN1Cc1cnoc1. The van der Waals surface area contributed by atoms with Gasteiger partial charge in [0.25, 0.3) is 0 Å². The third-order valence-electron chi connectivity index (χ3n) is 2.58. The molecule has 0 bridgehead atoms. The van der Waals surface area contributed by atoms with Crippen molar-refractivity contribution >= 4 is 0 Å². The Balaban J connectivity index is 1.94. The highest BCUT2D eigenvalue weighted by Crippen LogP contribution is 2.19. The van der Waals surface area contributed by atoms with Gasteiger partial charge in [-0.1, -0.05) is 5.16 Å². The molecule has 1 saturated heterocycles. The summed E-state index contributed by atoms with van der Waals surface area (Å²) in [7, 11) is 0. The number of likely N-dealkylation sites (tertiary alicyclic amines) is 1. The molecule has 1 aromatic rings. The van der Waals surface area contributed by atoms with E-state index in [1.165, 1.54) is 6.42 Å². The highest BCUT2D eigenvalue weighted by Gasteiger charge is 2.23. The van der Waals surface area contributed by atoms with Crippen molar-refractivity contribution in [1.82, 2.24) is 10.1 Å². The van der Waals surface area contributed by atoms with Gasteiger partial charge in [-0.05, 0) is 19.4 Å². The van der Waals surface area contributed by atoms with Gasteiger partial charge in [-0.2, -0.15) is 0 Å². The van der Waals surface area contributed by atoms with Crippen molar-refractivity contribution in [3.63, 3.8) is 0 Å². The summed E-state index contributed by atoms with van der Waals surface area (Å²) in [6, 6.07) is 0.329. The van der Waals surface area contributed by atoms with Crippen LogP contribution in [0.15, 0.2) is 17.0 Å². The predicted octanol–water partition coefficient (Wildman–Crippen LogP) is 0.631. The quantitative estimate of drug-likeness (QED) is 0.745. The highest BCUT2D eigenvalue weighted by atomic mass is 16.5. The second kappa shape index (κ2) is 3.89. The average Bonchev–Trinajstić information content (AvgIpc) is 2.76. The zero-order valence-electron chi connectivity index (χ0n) is 7.52. The van der Waals surface area contributed by atoms with Gasteiger partial charge in [-0.3, -0.25) is 4.90 Å². The van der Waals surface area contributed by atoms with Crippen LogP contribution in [-0.4, -0.2) is 34.4 Å². The van der Waals surface area contributed by atoms with Crippen molar-refractivity contribution in [3.8, 4) is 0 Å². The Labute approximate surface area is 77.1 Å². The molecule has 1 aliphatic heterocycles. The van der Waals surface area contributed by atoms with Crippen LogP contribution < -0.4 is 0 Å². The molecule has 0 radical (unpaired) electrons. The molecule has 1 N–H and O–H groups in total. The number of aliphatic hydroxyl groups is 1. The summed E-state index contributed by atoms with van der Waals surface area (Å²) in [5.74, 6) is 0. The summed E-state index contributed by atoms with van der Waals surface area (Å²) in [6.45, 7) is 2.16. The fraction of sp³-hybridized carbons (Fsp3) is 0.667. The van der Waals surface area contributed by atoms with E-state index in [4.69, 9.17) is 9.63 Å². The minimum absolute atomic E-state index is 0.255. The molecule has 4 heteroatoms. The van der Waals surface area contributed by atoms with Gasteiger partial charge < -0.3 is 9.63 Å². The molecule has 0 aromatic carbocycles. The molecule has 1 atom stereocenters. The lowest BCUT2D eigenvalue weighted by molar-refractivity contribution is 0.153. The van der Waals surface area contributed by atoms with E-state index in [0.717, 1.165) is 25.1 Å². The van der Waals surface area contributed by atoms with Gasteiger partial charge in [0.05, 0.1) is 12.8 Å². The van der Waals surface area contributed by atoms with Gasteiger partial charge >= 0.3 is 0 Å². The van der Waals surface area contributed by atoms with Gasteiger partial charge in [0.1, 0.15) is 6.26 Å². The third kappa shape index (κ3) is 1.89. The molecule has 0 spiro atoms. The number of aromatic nitrogens is 1. The topological polar surface area (TPSA) is 49.5 Å². The molecule has 0 unspecified atom stereocenters. The summed E-state index contributed by atoms with van der Waals surface area (Å²) in [6.07, 6.45) is 5.66. The van der Waals surface area contributed by atoms with E-state index in [1.807, 2.05) is 0 Å². The van der Waals surface area contributed by atoms with Crippen LogP contribution in [0.4, 0.5) is 0 Å². The maximum atomic E-state index is 9.08. The fourth-order valence-corrected chi connectivity index (χ4v) is 1.85. The van der Waals surface area contributed by atoms with Crippen LogP contribution in [-0.2, 0) is 6.54 Å². The number of nitrogens with zero attached hydrogens (tertiary/aromatic N) is 2. The molecular formula is C9H14N2O2. The molecule has 0 aliphatic carbocycles. The summed E-state index contributed by atoms with van der Waals surface area (Å²) in [5, 5.41) is 12.7. The molecule has 72 valence electrons. The standard InChI is InChI=1S/C9H14N2O2/c12-6-9-2-1-3-11(9)5-8-4-10-13-7-8/h4,7,9,12H,1-3,5-6H2/t9-/m0/s1. The van der Waals surface area contributed by atoms with Crippen LogP contribution in [0, 0.1) is 0 Å². The van der Waals surface area contributed by atoms with Crippen LogP contribution >= 0.6 is 0 Å². The van der Waals surface area contributed by atoms with E-state index >= 15 is 0 Å². The van der Waals surface area contributed by atoms with Crippen LogP contribution in [0.1, 0.15) is 18.4 Å². The van der Waals surface area contributed by atoms with Crippen LogP contribution in [0.5, 0.6) is 0 Å². The molecule has 1 fully saturated rings. The Bertz CT molecular complexity index is 248. The van der Waals surface area contributed by atoms with E-state index < -0.39 is 0 Å². The Kier molecular flexibility index (Phi) is 2.61. The number of hydrogen-bond donors (Lipinski definition) is 1. The van der Waals surface area contributed by atoms with E-state index in [0.29, 0.717) is 6.04 Å². The monoisotopic (exact) mass is 182 g/mol. The maximum absolute atomic E-state index is 9.08. The second-order valence-corrected chi connectivity index (χ2v) is 3.48. The first-order chi connectivity index (χ1) is 6.40. The summed E-state index contributed by atoms with van der Waals surface area (Å²) >= 11 is 0. The Hall–Kier alpha value is -0.870. The molecular weight excluding hydrogens is 168 g/mol. The Morgan fingerprint density at radius 1 is 1.69 bits per heavy atom. The van der Waals surface area contributed by atoms with E-state index in [1.54, 1.807) is 12.5 Å². The van der Waals surface area contributed by atoms with Crippen LogP contribution in [0.3, 0.4) is 0 Å². The molecule has 1 aromatic heterocycles. The van der Waals surface area contributed by atoms with E-state index in [2.05, 4.69) is 10.1 Å². The van der Waals surface area contributed by atoms with E-state index in [9.17, 15) is 0 Å². The van der Waals surface area contributed by atoms with Crippen molar-refractivity contribution in [1.29, 1.82) is 0 Å². The normalized spacial score (nSPS) is 23.9. The van der Waals surface area contributed by atoms with Gasteiger partial charge in [-0.25, -0.2) is 0 Å². The van der Waals surface area contributed by atoms with Crippen molar-refractivity contribution < 1.29 is 9.63 Å². The first-order valence-corrected chi connectivity index (χ1v) is 4.63. The number of hydrogen-bond acceptors (Lipinski definition) is 4. The van der Waals surface area contributed by atoms with Crippen molar-refractivity contribution in [2.24, 2.45) is 0 Å². The highest BCUT2D eigenvalue weighted by molar-refractivity contribution is 5.01. The zero-order valence-corrected chi connectivity index (χ0v) is 7.52. The van der Waals surface area contributed by atoms with Crippen molar-refractivity contribution in [2.75, 3.05) is 13.2 Å². The van der Waals surface area contributed by atoms with Gasteiger partial charge in [0, 0.05) is 18.2 Å². The smallest absolute Gasteiger partial charge is 0.128 e. The molecule has 13 heavy (non-hydrogen) atoms. The zero-order chi connectivity index (χ0) is 9.10. The first-order valence-electron chi connectivity index (χ1n) is 4.63. The van der Waals surface area contributed by atoms with Crippen molar-refractivity contribution in [3.05, 3.63) is 18.0 Å². The summed E-state index contributed by atoms with van der Waals surface area (Å²) < 4.78 is 4.75. The van der Waals surface area contributed by atoms with E-state index in [-0.39, 0.29) is 6.61 Å². The molecule has 2 rings (SSSR count). The molecule has 0 amide bonds. The number of aliphatic hydroxyl groups excluding tert-OH is 1. The molecule has 2 heterocycles. The largest absolute Gasteiger partial charge is 0.395 e. The molecule has 0 saturated carbocycles. The first kappa shape index (κ1) is 8.72. The van der Waals surface area contributed by atoms with Crippen molar-refractivity contribution in [2.45, 2.75) is 25.4 Å². The lowest BCUT2D eigenvalue weighted by Crippen LogP contribution is -2.31. The fourth-order valence-electron chi connectivity index (χ4n) is 1.85. The van der Waals surface area contributed by atoms with Gasteiger partial charge in [-0.15, -0.1) is 0 Å². The number of rotatable bonds is 3. The van der Waals surface area contributed by atoms with Gasteiger partial charge in [0.15, 0.2) is 0 Å². The lowest BCUT2D eigenvalue weighted by Gasteiger charge is -2.21. The maximum Gasteiger partial charge on any atom is 0.128 e. The third-order valence-corrected chi connectivity index (χ3v) is 2.58. The average molecular weight is 182 g/mol. The molecule has 4 nitrogen and oxygen atoms in total. The lowest BCUT2D eigenvalue weighted by atomic mass is 10.2. The minimum atomic E-state index is 0.255. The van der Waals surface area contributed by atoms with Crippen LogP contribution in [0.25, 0.3) is 0 Å². The summed E-state index contributed by atoms with van der Waals surface area (Å²) in [4.78, 5) is 2.27.